The minimum absolute atomic E-state index is 0.196. The molecule has 3 aromatic carbocycles. The molecule has 0 spiro atoms. The highest BCUT2D eigenvalue weighted by atomic mass is 32.1. The largest absolute Gasteiger partial charge is 0.365 e. The Bertz CT molecular complexity index is 1180. The molecular formula is C27H25N3S. The van der Waals surface area contributed by atoms with Crippen molar-refractivity contribution in [1.29, 1.82) is 5.26 Å². The number of rotatable bonds is 7. The number of hydrogen-bond donors (Lipinski definition) is 1. The van der Waals surface area contributed by atoms with Crippen LogP contribution in [0.5, 0.6) is 0 Å². The highest BCUT2D eigenvalue weighted by Crippen LogP contribution is 2.31. The maximum absolute atomic E-state index is 9.36. The minimum Gasteiger partial charge on any atom is -0.365 e. The normalized spacial score (nSPS) is 11.6. The number of nitrogens with one attached hydrogen (secondary N) is 1. The minimum atomic E-state index is 0.196. The molecule has 1 atom stereocenters. The number of hydrogen-bond acceptors (Lipinski definition) is 4. The Morgan fingerprint density at radius 3 is 2.35 bits per heavy atom. The van der Waals surface area contributed by atoms with Crippen molar-refractivity contribution < 1.29 is 0 Å². The first-order valence-corrected chi connectivity index (χ1v) is 11.3. The molecular weight excluding hydrogens is 398 g/mol. The molecule has 1 aromatic heterocycles. The maximum atomic E-state index is 9.36. The Hall–Kier alpha value is -3.42. The highest BCUT2D eigenvalue weighted by Gasteiger charge is 2.18. The maximum Gasteiger partial charge on any atom is 0.182 e. The van der Waals surface area contributed by atoms with Gasteiger partial charge in [-0.2, -0.15) is 5.26 Å². The zero-order valence-electron chi connectivity index (χ0n) is 17.8. The van der Waals surface area contributed by atoms with Crippen molar-refractivity contribution in [3.63, 3.8) is 0 Å². The van der Waals surface area contributed by atoms with E-state index in [4.69, 9.17) is 4.98 Å². The fourth-order valence-electron chi connectivity index (χ4n) is 3.79. The Morgan fingerprint density at radius 1 is 0.968 bits per heavy atom. The lowest BCUT2D eigenvalue weighted by Gasteiger charge is -2.17. The summed E-state index contributed by atoms with van der Waals surface area (Å²) in [5.74, 6) is 0.196. The standard InChI is InChI=1S/C27H25N3S/c1-19-7-9-21(10-8-19)16-25(26-18-31-27(29-2)30-26)22-13-11-20(12-14-22)15-23-5-3-4-6-24(23)17-28/h3-14,18,25H,15-16H2,1-2H3,(H,29,30). The van der Waals surface area contributed by atoms with Crippen molar-refractivity contribution in [2.45, 2.75) is 25.7 Å². The lowest BCUT2D eigenvalue weighted by Crippen LogP contribution is -2.06. The second-order valence-corrected chi connectivity index (χ2v) is 8.62. The van der Waals surface area contributed by atoms with E-state index in [-0.39, 0.29) is 5.92 Å². The van der Waals surface area contributed by atoms with Crippen molar-refractivity contribution in [3.05, 3.63) is 117 Å². The van der Waals surface area contributed by atoms with Crippen LogP contribution in [0.2, 0.25) is 0 Å². The zero-order valence-corrected chi connectivity index (χ0v) is 18.6. The van der Waals surface area contributed by atoms with Gasteiger partial charge in [0.05, 0.1) is 17.3 Å². The number of aromatic nitrogens is 1. The summed E-state index contributed by atoms with van der Waals surface area (Å²) in [4.78, 5) is 4.80. The Kier molecular flexibility index (Phi) is 6.45. The molecule has 1 N–H and O–H groups in total. The molecule has 4 heteroatoms. The van der Waals surface area contributed by atoms with Crippen molar-refractivity contribution >= 4 is 16.5 Å². The van der Waals surface area contributed by atoms with Crippen LogP contribution >= 0.6 is 11.3 Å². The second kappa shape index (κ2) is 9.59. The van der Waals surface area contributed by atoms with Crippen molar-refractivity contribution in [2.75, 3.05) is 12.4 Å². The van der Waals surface area contributed by atoms with Gasteiger partial charge in [-0.1, -0.05) is 72.3 Å². The Labute approximate surface area is 188 Å². The number of benzene rings is 3. The average molecular weight is 424 g/mol. The number of aryl methyl sites for hydroxylation is 1. The molecule has 0 saturated carbocycles. The average Bonchev–Trinajstić information content (AvgIpc) is 3.29. The van der Waals surface area contributed by atoms with E-state index >= 15 is 0 Å². The summed E-state index contributed by atoms with van der Waals surface area (Å²) in [6.45, 7) is 2.12. The highest BCUT2D eigenvalue weighted by molar-refractivity contribution is 7.13. The van der Waals surface area contributed by atoms with Gasteiger partial charge in [0.25, 0.3) is 0 Å². The second-order valence-electron chi connectivity index (χ2n) is 7.76. The molecule has 0 aliphatic rings. The van der Waals surface area contributed by atoms with E-state index in [9.17, 15) is 5.26 Å². The summed E-state index contributed by atoms with van der Waals surface area (Å²) in [7, 11) is 1.91. The summed E-state index contributed by atoms with van der Waals surface area (Å²) in [6.07, 6.45) is 1.66. The topological polar surface area (TPSA) is 48.7 Å². The predicted molar refractivity (Wildman–Crippen MR) is 129 cm³/mol. The summed E-state index contributed by atoms with van der Waals surface area (Å²) >= 11 is 1.64. The molecule has 1 heterocycles. The quantitative estimate of drug-likeness (QED) is 0.378. The van der Waals surface area contributed by atoms with Gasteiger partial charge in [-0.15, -0.1) is 11.3 Å². The molecule has 154 valence electrons. The number of nitrogens with zero attached hydrogens (tertiary/aromatic N) is 2. The smallest absolute Gasteiger partial charge is 0.182 e. The van der Waals surface area contributed by atoms with Crippen LogP contribution in [0.15, 0.2) is 78.2 Å². The van der Waals surface area contributed by atoms with E-state index in [1.54, 1.807) is 11.3 Å². The molecule has 0 amide bonds. The van der Waals surface area contributed by atoms with Crippen molar-refractivity contribution in [1.82, 2.24) is 4.98 Å². The van der Waals surface area contributed by atoms with E-state index in [1.165, 1.54) is 22.3 Å². The fraction of sp³-hybridized carbons (Fsp3) is 0.185. The molecule has 0 aliphatic carbocycles. The van der Waals surface area contributed by atoms with Crippen LogP contribution in [-0.2, 0) is 12.8 Å². The van der Waals surface area contributed by atoms with Crippen LogP contribution in [0.3, 0.4) is 0 Å². The zero-order chi connectivity index (χ0) is 21.6. The first-order valence-electron chi connectivity index (χ1n) is 10.4. The van der Waals surface area contributed by atoms with Crippen LogP contribution in [-0.4, -0.2) is 12.0 Å². The Morgan fingerprint density at radius 2 is 1.68 bits per heavy atom. The molecule has 3 nitrogen and oxygen atoms in total. The monoisotopic (exact) mass is 423 g/mol. The first-order chi connectivity index (χ1) is 15.2. The molecule has 0 aliphatic heterocycles. The van der Waals surface area contributed by atoms with Gasteiger partial charge in [0, 0.05) is 18.3 Å². The molecule has 31 heavy (non-hydrogen) atoms. The van der Waals surface area contributed by atoms with Gasteiger partial charge >= 0.3 is 0 Å². The summed E-state index contributed by atoms with van der Waals surface area (Å²) < 4.78 is 0. The summed E-state index contributed by atoms with van der Waals surface area (Å²) in [6, 6.07) is 27.6. The van der Waals surface area contributed by atoms with Gasteiger partial charge in [0.2, 0.25) is 0 Å². The van der Waals surface area contributed by atoms with E-state index in [1.807, 2.05) is 31.3 Å². The molecule has 0 saturated heterocycles. The van der Waals surface area contributed by atoms with Gasteiger partial charge < -0.3 is 5.32 Å². The SMILES string of the molecule is CNc1nc(C(Cc2ccc(C)cc2)c2ccc(Cc3ccccc3C#N)cc2)cs1. The third kappa shape index (κ3) is 5.02. The first kappa shape index (κ1) is 20.8. The molecule has 4 aromatic rings. The van der Waals surface area contributed by atoms with Gasteiger partial charge in [-0.3, -0.25) is 0 Å². The molecule has 0 bridgehead atoms. The number of anilines is 1. The van der Waals surface area contributed by atoms with Crippen LogP contribution < -0.4 is 5.32 Å². The third-order valence-corrected chi connectivity index (χ3v) is 6.45. The molecule has 1 unspecified atom stereocenters. The van der Waals surface area contributed by atoms with Gasteiger partial charge in [0.15, 0.2) is 5.13 Å². The number of thiazole rings is 1. The van der Waals surface area contributed by atoms with Gasteiger partial charge in [-0.25, -0.2) is 4.98 Å². The van der Waals surface area contributed by atoms with Gasteiger partial charge in [0.1, 0.15) is 0 Å². The van der Waals surface area contributed by atoms with Gasteiger partial charge in [-0.05, 0) is 48.1 Å². The molecule has 0 fully saturated rings. The molecule has 0 radical (unpaired) electrons. The molecule has 4 rings (SSSR count). The van der Waals surface area contributed by atoms with E-state index in [0.717, 1.165) is 34.8 Å². The van der Waals surface area contributed by atoms with Crippen LogP contribution in [0, 0.1) is 18.3 Å². The summed E-state index contributed by atoms with van der Waals surface area (Å²) in [5, 5.41) is 15.6. The van der Waals surface area contributed by atoms with Crippen molar-refractivity contribution in [3.8, 4) is 6.07 Å². The van der Waals surface area contributed by atoms with E-state index in [2.05, 4.69) is 72.2 Å². The van der Waals surface area contributed by atoms with Crippen molar-refractivity contribution in [2.24, 2.45) is 0 Å². The van der Waals surface area contributed by atoms with E-state index in [0.29, 0.717) is 0 Å². The Balaban J connectivity index is 1.61. The third-order valence-electron chi connectivity index (χ3n) is 5.57. The summed E-state index contributed by atoms with van der Waals surface area (Å²) in [5.41, 5.74) is 7.94. The number of nitriles is 1. The van der Waals surface area contributed by atoms with Crippen LogP contribution in [0.1, 0.15) is 45.0 Å². The van der Waals surface area contributed by atoms with Crippen LogP contribution in [0.25, 0.3) is 0 Å². The lowest BCUT2D eigenvalue weighted by atomic mass is 9.88. The predicted octanol–water partition coefficient (Wildman–Crippen LogP) is 6.33. The van der Waals surface area contributed by atoms with E-state index < -0.39 is 0 Å². The fourth-order valence-corrected chi connectivity index (χ4v) is 4.51. The lowest BCUT2D eigenvalue weighted by molar-refractivity contribution is 0.781. The van der Waals surface area contributed by atoms with Crippen LogP contribution in [0.4, 0.5) is 5.13 Å².